The van der Waals surface area contributed by atoms with E-state index in [4.69, 9.17) is 21.1 Å². The van der Waals surface area contributed by atoms with Crippen molar-refractivity contribution in [1.29, 1.82) is 0 Å². The van der Waals surface area contributed by atoms with E-state index in [-0.39, 0.29) is 16.8 Å². The van der Waals surface area contributed by atoms with Crippen LogP contribution < -0.4 is 9.04 Å². The van der Waals surface area contributed by atoms with Gasteiger partial charge in [0.05, 0.1) is 18.8 Å². The standard InChI is InChI=1S/C20H27ClN4O4SSi/c1-24-19-15(12-23-24)6-8-17(28-2)20(19)25(14-29-10-11-31(3,4)5)30(26,27)16-7-9-18(21)22-13-16/h6-9,12-13H,10-11,14H2,1-5H3. The Hall–Kier alpha value is -2.14. The Morgan fingerprint density at radius 2 is 1.90 bits per heavy atom. The van der Waals surface area contributed by atoms with E-state index in [1.165, 1.54) is 29.7 Å². The van der Waals surface area contributed by atoms with Crippen molar-refractivity contribution in [1.82, 2.24) is 14.8 Å². The number of aryl methyl sites for hydroxylation is 1. The zero-order valence-corrected chi connectivity index (χ0v) is 20.9. The number of sulfonamides is 1. The summed E-state index contributed by atoms with van der Waals surface area (Å²) < 4.78 is 41.6. The second-order valence-electron chi connectivity index (χ2n) is 8.34. The lowest BCUT2D eigenvalue weighted by Gasteiger charge is -2.27. The van der Waals surface area contributed by atoms with Crippen LogP contribution in [0.5, 0.6) is 5.75 Å². The normalized spacial score (nSPS) is 12.3. The van der Waals surface area contributed by atoms with Crippen molar-refractivity contribution in [3.05, 3.63) is 41.8 Å². The quantitative estimate of drug-likeness (QED) is 0.197. The minimum absolute atomic E-state index is 0.00641. The van der Waals surface area contributed by atoms with Crippen LogP contribution in [-0.2, 0) is 21.8 Å². The largest absolute Gasteiger partial charge is 0.494 e. The molecule has 31 heavy (non-hydrogen) atoms. The fourth-order valence-corrected chi connectivity index (χ4v) is 5.23. The molecule has 0 aliphatic heterocycles. The molecule has 0 unspecified atom stereocenters. The number of nitrogens with zero attached hydrogens (tertiary/aromatic N) is 4. The summed E-state index contributed by atoms with van der Waals surface area (Å²) in [7, 11) is -2.11. The molecule has 1 aromatic carbocycles. The van der Waals surface area contributed by atoms with Gasteiger partial charge in [-0.3, -0.25) is 4.68 Å². The molecule has 3 rings (SSSR count). The van der Waals surface area contributed by atoms with Gasteiger partial charge < -0.3 is 9.47 Å². The van der Waals surface area contributed by atoms with Gasteiger partial charge in [-0.1, -0.05) is 31.2 Å². The summed E-state index contributed by atoms with van der Waals surface area (Å²) in [6.07, 6.45) is 2.92. The topological polar surface area (TPSA) is 86.5 Å². The van der Waals surface area contributed by atoms with Gasteiger partial charge >= 0.3 is 0 Å². The molecule has 8 nitrogen and oxygen atoms in total. The highest BCUT2D eigenvalue weighted by molar-refractivity contribution is 7.92. The summed E-state index contributed by atoms with van der Waals surface area (Å²) in [6.45, 7) is 7.01. The highest BCUT2D eigenvalue weighted by atomic mass is 35.5. The average molecular weight is 483 g/mol. The van der Waals surface area contributed by atoms with Crippen molar-refractivity contribution in [2.45, 2.75) is 30.6 Å². The van der Waals surface area contributed by atoms with E-state index in [0.717, 1.165) is 11.4 Å². The van der Waals surface area contributed by atoms with Gasteiger partial charge in [0.15, 0.2) is 0 Å². The Balaban J connectivity index is 2.12. The Bertz CT molecular complexity index is 1160. The molecule has 0 amide bonds. The van der Waals surface area contributed by atoms with E-state index in [2.05, 4.69) is 29.7 Å². The lowest BCUT2D eigenvalue weighted by atomic mass is 10.2. The molecule has 0 fully saturated rings. The Morgan fingerprint density at radius 1 is 1.16 bits per heavy atom. The smallest absolute Gasteiger partial charge is 0.268 e. The van der Waals surface area contributed by atoms with Crippen molar-refractivity contribution in [3.8, 4) is 5.75 Å². The SMILES string of the molecule is COc1ccc2cnn(C)c2c1N(COCC[Si](C)(C)C)S(=O)(=O)c1ccc(Cl)nc1. The zero-order valence-electron chi connectivity index (χ0n) is 18.3. The molecule has 0 atom stereocenters. The first-order chi connectivity index (χ1) is 14.5. The van der Waals surface area contributed by atoms with Crippen LogP contribution in [0.2, 0.25) is 30.8 Å². The van der Waals surface area contributed by atoms with Gasteiger partial charge in [0.2, 0.25) is 0 Å². The summed E-state index contributed by atoms with van der Waals surface area (Å²) in [5, 5.41) is 5.28. The lowest BCUT2D eigenvalue weighted by molar-refractivity contribution is 0.156. The maximum Gasteiger partial charge on any atom is 0.268 e. The third kappa shape index (κ3) is 5.20. The van der Waals surface area contributed by atoms with E-state index < -0.39 is 18.1 Å². The van der Waals surface area contributed by atoms with E-state index in [1.54, 1.807) is 24.0 Å². The summed E-state index contributed by atoms with van der Waals surface area (Å²) in [4.78, 5) is 3.94. The van der Waals surface area contributed by atoms with Gasteiger partial charge in [-0.25, -0.2) is 17.7 Å². The number of fused-ring (bicyclic) bond motifs is 1. The molecule has 0 N–H and O–H groups in total. The molecular formula is C20H27ClN4O4SSi. The maximum atomic E-state index is 13.7. The number of pyridine rings is 1. The lowest BCUT2D eigenvalue weighted by Crippen LogP contribution is -2.35. The molecule has 2 aromatic heterocycles. The number of hydrogen-bond donors (Lipinski definition) is 0. The number of hydrogen-bond acceptors (Lipinski definition) is 6. The third-order valence-corrected chi connectivity index (χ3v) is 8.43. The summed E-state index contributed by atoms with van der Waals surface area (Å²) in [5.74, 6) is 0.399. The number of aromatic nitrogens is 3. The zero-order chi connectivity index (χ0) is 22.8. The molecule has 0 spiro atoms. The molecule has 0 saturated carbocycles. The van der Waals surface area contributed by atoms with Crippen molar-refractivity contribution < 1.29 is 17.9 Å². The van der Waals surface area contributed by atoms with Crippen LogP contribution in [0.4, 0.5) is 5.69 Å². The van der Waals surface area contributed by atoms with Crippen LogP contribution in [0, 0.1) is 0 Å². The van der Waals surface area contributed by atoms with E-state index >= 15 is 0 Å². The second kappa shape index (κ2) is 9.15. The minimum Gasteiger partial charge on any atom is -0.494 e. The Morgan fingerprint density at radius 3 is 2.52 bits per heavy atom. The number of benzene rings is 1. The molecule has 0 radical (unpaired) electrons. The number of rotatable bonds is 9. The van der Waals surface area contributed by atoms with Crippen LogP contribution >= 0.6 is 11.6 Å². The van der Waals surface area contributed by atoms with Crippen LogP contribution in [0.1, 0.15) is 0 Å². The van der Waals surface area contributed by atoms with Gasteiger partial charge in [-0.2, -0.15) is 5.10 Å². The molecule has 3 aromatic rings. The molecule has 0 saturated heterocycles. The van der Waals surface area contributed by atoms with Crippen LogP contribution in [0.3, 0.4) is 0 Å². The maximum absolute atomic E-state index is 13.7. The highest BCUT2D eigenvalue weighted by Crippen LogP contribution is 2.39. The first kappa shape index (κ1) is 23.5. The van der Waals surface area contributed by atoms with Crippen LogP contribution in [-0.4, -0.2) is 51.7 Å². The number of anilines is 1. The molecule has 168 valence electrons. The third-order valence-electron chi connectivity index (χ3n) is 4.80. The van der Waals surface area contributed by atoms with E-state index in [9.17, 15) is 8.42 Å². The van der Waals surface area contributed by atoms with Crippen molar-refractivity contribution in [3.63, 3.8) is 0 Å². The van der Waals surface area contributed by atoms with Crippen molar-refractivity contribution in [2.24, 2.45) is 7.05 Å². The minimum atomic E-state index is -4.03. The molecule has 0 aliphatic carbocycles. The van der Waals surface area contributed by atoms with Crippen LogP contribution in [0.25, 0.3) is 10.9 Å². The molecule has 2 heterocycles. The predicted molar refractivity (Wildman–Crippen MR) is 125 cm³/mol. The van der Waals surface area contributed by atoms with Crippen molar-refractivity contribution >= 4 is 46.3 Å². The van der Waals surface area contributed by atoms with Gasteiger partial charge in [0.25, 0.3) is 10.0 Å². The summed E-state index contributed by atoms with van der Waals surface area (Å²) in [5.41, 5.74) is 0.988. The van der Waals surface area contributed by atoms with Crippen molar-refractivity contribution in [2.75, 3.05) is 24.8 Å². The molecule has 0 bridgehead atoms. The Kier molecular flexibility index (Phi) is 6.94. The molecular weight excluding hydrogens is 456 g/mol. The average Bonchev–Trinajstić information content (AvgIpc) is 3.08. The number of ether oxygens (including phenoxy) is 2. The number of methoxy groups -OCH3 is 1. The van der Waals surface area contributed by atoms with Gasteiger partial charge in [0.1, 0.15) is 28.2 Å². The van der Waals surface area contributed by atoms with Gasteiger partial charge in [0, 0.05) is 33.3 Å². The van der Waals surface area contributed by atoms with E-state index in [0.29, 0.717) is 23.6 Å². The van der Waals surface area contributed by atoms with Gasteiger partial charge in [-0.15, -0.1) is 0 Å². The Labute approximate surface area is 188 Å². The summed E-state index contributed by atoms with van der Waals surface area (Å²) >= 11 is 5.86. The predicted octanol–water partition coefficient (Wildman–Crippen LogP) is 4.14. The highest BCUT2D eigenvalue weighted by Gasteiger charge is 2.31. The summed E-state index contributed by atoms with van der Waals surface area (Å²) in [6, 6.07) is 7.35. The van der Waals surface area contributed by atoms with Crippen LogP contribution in [0.15, 0.2) is 41.6 Å². The first-order valence-corrected chi connectivity index (χ1v) is 15.3. The molecule has 0 aliphatic rings. The fourth-order valence-electron chi connectivity index (χ4n) is 3.06. The first-order valence-electron chi connectivity index (χ1n) is 9.75. The number of halogens is 1. The second-order valence-corrected chi connectivity index (χ2v) is 16.2. The van der Waals surface area contributed by atoms with Gasteiger partial charge in [-0.05, 0) is 30.3 Å². The fraction of sp³-hybridized carbons (Fsp3) is 0.400. The monoisotopic (exact) mass is 482 g/mol. The van der Waals surface area contributed by atoms with E-state index in [1.807, 2.05) is 6.07 Å². The molecule has 11 heteroatoms.